The van der Waals surface area contributed by atoms with Crippen LogP contribution in [-0.2, 0) is 13.1 Å². The molecule has 24 heavy (non-hydrogen) atoms. The van der Waals surface area contributed by atoms with Crippen molar-refractivity contribution in [1.29, 1.82) is 0 Å². The molecule has 0 saturated heterocycles. The van der Waals surface area contributed by atoms with Crippen LogP contribution in [0.25, 0.3) is 0 Å². The number of halogens is 2. The quantitative estimate of drug-likeness (QED) is 0.716. The van der Waals surface area contributed by atoms with Gasteiger partial charge in [0.1, 0.15) is 17.4 Å². The van der Waals surface area contributed by atoms with Gasteiger partial charge in [-0.05, 0) is 35.9 Å². The monoisotopic (exact) mass is 328 g/mol. The summed E-state index contributed by atoms with van der Waals surface area (Å²) in [4.78, 5) is 18.2. The molecule has 0 aliphatic carbocycles. The Morgan fingerprint density at radius 1 is 1.08 bits per heavy atom. The van der Waals surface area contributed by atoms with Gasteiger partial charge >= 0.3 is 0 Å². The minimum atomic E-state index is -0.794. The first-order valence-corrected chi connectivity index (χ1v) is 7.28. The first-order valence-electron chi connectivity index (χ1n) is 7.28. The molecular formula is C18H14F2N2O2. The number of nitrogens with zero attached hydrogens (tertiary/aromatic N) is 2. The lowest BCUT2D eigenvalue weighted by Crippen LogP contribution is -2.30. The molecule has 3 rings (SSSR count). The van der Waals surface area contributed by atoms with E-state index in [0.29, 0.717) is 5.76 Å². The van der Waals surface area contributed by atoms with Crippen molar-refractivity contribution >= 4 is 5.91 Å². The summed E-state index contributed by atoms with van der Waals surface area (Å²) in [5, 5.41) is 0. The lowest BCUT2D eigenvalue weighted by Gasteiger charge is -2.22. The number of carbonyl (C=O) groups excluding carboxylic acids is 1. The summed E-state index contributed by atoms with van der Waals surface area (Å²) >= 11 is 0. The van der Waals surface area contributed by atoms with Gasteiger partial charge in [-0.15, -0.1) is 0 Å². The first-order chi connectivity index (χ1) is 11.6. The summed E-state index contributed by atoms with van der Waals surface area (Å²) < 4.78 is 32.1. The van der Waals surface area contributed by atoms with Crippen LogP contribution in [0.2, 0.25) is 0 Å². The molecule has 122 valence electrons. The molecule has 0 unspecified atom stereocenters. The molecule has 0 fully saturated rings. The van der Waals surface area contributed by atoms with E-state index in [1.807, 2.05) is 6.07 Å². The third kappa shape index (κ3) is 3.84. The Morgan fingerprint density at radius 3 is 2.50 bits per heavy atom. The maximum Gasteiger partial charge on any atom is 0.254 e. The number of amides is 1. The van der Waals surface area contributed by atoms with E-state index in [9.17, 15) is 13.6 Å². The SMILES string of the molecule is O=C(c1cc(F)cc(F)c1)N(Cc1cccnc1)Cc1ccco1. The summed E-state index contributed by atoms with van der Waals surface area (Å²) in [6, 6.07) is 9.79. The van der Waals surface area contributed by atoms with Crippen LogP contribution in [-0.4, -0.2) is 15.8 Å². The maximum atomic E-state index is 13.4. The molecule has 0 bridgehead atoms. The second-order valence-electron chi connectivity index (χ2n) is 5.26. The highest BCUT2D eigenvalue weighted by atomic mass is 19.1. The van der Waals surface area contributed by atoms with Crippen LogP contribution in [0.1, 0.15) is 21.7 Å². The second kappa shape index (κ2) is 7.04. The Balaban J connectivity index is 1.89. The van der Waals surface area contributed by atoms with E-state index in [1.165, 1.54) is 11.2 Å². The van der Waals surface area contributed by atoms with Crippen LogP contribution < -0.4 is 0 Å². The molecule has 2 heterocycles. The summed E-state index contributed by atoms with van der Waals surface area (Å²) in [5.41, 5.74) is 0.747. The van der Waals surface area contributed by atoms with Crippen molar-refractivity contribution in [3.05, 3.63) is 89.6 Å². The van der Waals surface area contributed by atoms with Gasteiger partial charge in [0, 0.05) is 30.6 Å². The predicted molar refractivity (Wildman–Crippen MR) is 82.9 cm³/mol. The predicted octanol–water partition coefficient (Wildman–Crippen LogP) is 3.80. The molecule has 0 spiro atoms. The average Bonchev–Trinajstić information content (AvgIpc) is 3.07. The molecule has 0 aliphatic rings. The first kappa shape index (κ1) is 15.9. The van der Waals surface area contributed by atoms with E-state index in [4.69, 9.17) is 4.42 Å². The van der Waals surface area contributed by atoms with Crippen molar-refractivity contribution in [2.75, 3.05) is 0 Å². The van der Waals surface area contributed by atoms with Crippen LogP contribution in [0.5, 0.6) is 0 Å². The number of furan rings is 1. The molecule has 1 amide bonds. The zero-order chi connectivity index (χ0) is 16.9. The Labute approximate surface area is 137 Å². The Kier molecular flexibility index (Phi) is 4.65. The topological polar surface area (TPSA) is 46.3 Å². The summed E-state index contributed by atoms with van der Waals surface area (Å²) in [5.74, 6) is -1.51. The fourth-order valence-electron chi connectivity index (χ4n) is 2.36. The molecule has 0 saturated carbocycles. The van der Waals surface area contributed by atoms with Crippen molar-refractivity contribution in [3.63, 3.8) is 0 Å². The van der Waals surface area contributed by atoms with Gasteiger partial charge in [-0.2, -0.15) is 0 Å². The fourth-order valence-corrected chi connectivity index (χ4v) is 2.36. The molecule has 2 aromatic heterocycles. The molecule has 6 heteroatoms. The largest absolute Gasteiger partial charge is 0.467 e. The minimum Gasteiger partial charge on any atom is -0.467 e. The highest BCUT2D eigenvalue weighted by molar-refractivity contribution is 5.94. The molecule has 4 nitrogen and oxygen atoms in total. The molecule has 1 aromatic carbocycles. The van der Waals surface area contributed by atoms with Crippen molar-refractivity contribution in [3.8, 4) is 0 Å². The van der Waals surface area contributed by atoms with Gasteiger partial charge in [0.25, 0.3) is 5.91 Å². The number of benzene rings is 1. The highest BCUT2D eigenvalue weighted by Crippen LogP contribution is 2.16. The van der Waals surface area contributed by atoms with Gasteiger partial charge in [0.05, 0.1) is 12.8 Å². The van der Waals surface area contributed by atoms with Crippen molar-refractivity contribution in [2.45, 2.75) is 13.1 Å². The molecule has 0 N–H and O–H groups in total. The minimum absolute atomic E-state index is 0.0528. The fraction of sp³-hybridized carbons (Fsp3) is 0.111. The van der Waals surface area contributed by atoms with Gasteiger partial charge < -0.3 is 9.32 Å². The molecule has 0 aliphatic heterocycles. The molecule has 3 aromatic rings. The lowest BCUT2D eigenvalue weighted by atomic mass is 10.1. The zero-order valence-corrected chi connectivity index (χ0v) is 12.7. The van der Waals surface area contributed by atoms with Gasteiger partial charge in [-0.1, -0.05) is 6.07 Å². The smallest absolute Gasteiger partial charge is 0.254 e. The van der Waals surface area contributed by atoms with Crippen molar-refractivity contribution in [1.82, 2.24) is 9.88 Å². The van der Waals surface area contributed by atoms with E-state index in [2.05, 4.69) is 4.98 Å². The molecule has 0 radical (unpaired) electrons. The summed E-state index contributed by atoms with van der Waals surface area (Å²) in [7, 11) is 0. The zero-order valence-electron chi connectivity index (χ0n) is 12.7. The standard InChI is InChI=1S/C18H14F2N2O2/c19-15-7-14(8-16(20)9-15)18(23)22(12-17-4-2-6-24-17)11-13-3-1-5-21-10-13/h1-10H,11-12H2. The van der Waals surface area contributed by atoms with Gasteiger partial charge in [-0.25, -0.2) is 8.78 Å². The summed E-state index contributed by atoms with van der Waals surface area (Å²) in [6.45, 7) is 0.421. The Morgan fingerprint density at radius 2 is 1.88 bits per heavy atom. The molecular weight excluding hydrogens is 314 g/mol. The third-order valence-corrected chi connectivity index (χ3v) is 3.42. The number of hydrogen-bond donors (Lipinski definition) is 0. The number of pyridine rings is 1. The maximum absolute atomic E-state index is 13.4. The Hall–Kier alpha value is -3.02. The van der Waals surface area contributed by atoms with Crippen LogP contribution in [0.15, 0.2) is 65.5 Å². The normalized spacial score (nSPS) is 10.6. The van der Waals surface area contributed by atoms with Crippen LogP contribution in [0.4, 0.5) is 8.78 Å². The van der Waals surface area contributed by atoms with E-state index in [0.717, 1.165) is 23.8 Å². The van der Waals surface area contributed by atoms with E-state index in [1.54, 1.807) is 30.6 Å². The Bertz CT molecular complexity index is 800. The van der Waals surface area contributed by atoms with Crippen LogP contribution in [0, 0.1) is 11.6 Å². The van der Waals surface area contributed by atoms with Crippen LogP contribution >= 0.6 is 0 Å². The average molecular weight is 328 g/mol. The highest BCUT2D eigenvalue weighted by Gasteiger charge is 2.19. The number of hydrogen-bond acceptors (Lipinski definition) is 3. The van der Waals surface area contributed by atoms with E-state index in [-0.39, 0.29) is 18.7 Å². The van der Waals surface area contributed by atoms with Crippen molar-refractivity contribution < 1.29 is 18.0 Å². The van der Waals surface area contributed by atoms with Crippen molar-refractivity contribution in [2.24, 2.45) is 0 Å². The van der Waals surface area contributed by atoms with E-state index >= 15 is 0 Å². The second-order valence-corrected chi connectivity index (χ2v) is 5.26. The molecule has 0 atom stereocenters. The van der Waals surface area contributed by atoms with Gasteiger partial charge in [0.2, 0.25) is 0 Å². The summed E-state index contributed by atoms with van der Waals surface area (Å²) in [6.07, 6.45) is 4.77. The third-order valence-electron chi connectivity index (χ3n) is 3.42. The number of aromatic nitrogens is 1. The lowest BCUT2D eigenvalue weighted by molar-refractivity contribution is 0.0716. The van der Waals surface area contributed by atoms with Crippen LogP contribution in [0.3, 0.4) is 0 Å². The van der Waals surface area contributed by atoms with E-state index < -0.39 is 17.5 Å². The van der Waals surface area contributed by atoms with Gasteiger partial charge in [0.15, 0.2) is 0 Å². The number of rotatable bonds is 5. The number of carbonyl (C=O) groups is 1. The van der Waals surface area contributed by atoms with Gasteiger partial charge in [-0.3, -0.25) is 9.78 Å².